The van der Waals surface area contributed by atoms with Crippen molar-refractivity contribution in [3.8, 4) is 0 Å². The van der Waals surface area contributed by atoms with Crippen LogP contribution < -0.4 is 0 Å². The van der Waals surface area contributed by atoms with Gasteiger partial charge in [-0.2, -0.15) is 0 Å². The summed E-state index contributed by atoms with van der Waals surface area (Å²) in [4.78, 5) is 16.7. The molecule has 3 nitrogen and oxygen atoms in total. The highest BCUT2D eigenvalue weighted by molar-refractivity contribution is 5.68. The molecule has 19 heavy (non-hydrogen) atoms. The first-order valence-corrected chi connectivity index (χ1v) is 8.20. The van der Waals surface area contributed by atoms with Gasteiger partial charge in [-0.15, -0.1) is 5.06 Å². The van der Waals surface area contributed by atoms with Crippen molar-refractivity contribution in [3.05, 3.63) is 0 Å². The van der Waals surface area contributed by atoms with E-state index in [1.165, 1.54) is 44.9 Å². The molecule has 0 amide bonds. The maximum atomic E-state index is 11.5. The van der Waals surface area contributed by atoms with E-state index in [4.69, 9.17) is 4.84 Å². The third-order valence-corrected chi connectivity index (χ3v) is 3.42. The van der Waals surface area contributed by atoms with Crippen LogP contribution in [-0.4, -0.2) is 24.1 Å². The van der Waals surface area contributed by atoms with E-state index in [1.807, 2.05) is 13.8 Å². The number of carbonyl (C=O) groups is 1. The highest BCUT2D eigenvalue weighted by Crippen LogP contribution is 2.10. The monoisotopic (exact) mass is 271 g/mol. The summed E-state index contributed by atoms with van der Waals surface area (Å²) in [6.07, 6.45) is 12.0. The molecule has 0 rings (SSSR count). The van der Waals surface area contributed by atoms with Gasteiger partial charge in [-0.25, -0.2) is 0 Å². The number of hydrogen-bond donors (Lipinski definition) is 0. The van der Waals surface area contributed by atoms with Gasteiger partial charge in [0.25, 0.3) is 0 Å². The molecule has 0 atom stereocenters. The van der Waals surface area contributed by atoms with Gasteiger partial charge in [-0.1, -0.05) is 58.3 Å². The molecular weight excluding hydrogens is 238 g/mol. The van der Waals surface area contributed by atoms with Crippen molar-refractivity contribution < 1.29 is 9.63 Å². The van der Waals surface area contributed by atoms with E-state index in [1.54, 1.807) is 5.06 Å². The summed E-state index contributed by atoms with van der Waals surface area (Å²) in [5.74, 6) is -0.0772. The summed E-state index contributed by atoms with van der Waals surface area (Å²) in [5.41, 5.74) is 0. The standard InChI is InChI=1S/C16H33NO2/c1-4-7-8-9-10-11-12-13-14-15-16(18)19-17(5-2)6-3/h4-15H2,1-3H3. The lowest BCUT2D eigenvalue weighted by Crippen LogP contribution is -2.26. The van der Waals surface area contributed by atoms with Crippen LogP contribution in [0.3, 0.4) is 0 Å². The Morgan fingerprint density at radius 2 is 1.26 bits per heavy atom. The summed E-state index contributed by atoms with van der Waals surface area (Å²) >= 11 is 0. The average Bonchev–Trinajstić information content (AvgIpc) is 2.43. The molecule has 0 N–H and O–H groups in total. The van der Waals surface area contributed by atoms with Crippen LogP contribution in [0.1, 0.15) is 85.0 Å². The molecule has 0 aliphatic carbocycles. The van der Waals surface area contributed by atoms with Crippen LogP contribution in [-0.2, 0) is 9.63 Å². The zero-order chi connectivity index (χ0) is 14.3. The third kappa shape index (κ3) is 12.2. The van der Waals surface area contributed by atoms with Gasteiger partial charge in [-0.3, -0.25) is 4.79 Å². The Morgan fingerprint density at radius 3 is 1.74 bits per heavy atom. The van der Waals surface area contributed by atoms with Crippen molar-refractivity contribution in [3.63, 3.8) is 0 Å². The smallest absolute Gasteiger partial charge is 0.325 e. The van der Waals surface area contributed by atoms with Crippen molar-refractivity contribution in [1.29, 1.82) is 0 Å². The second-order valence-electron chi connectivity index (χ2n) is 5.16. The molecule has 0 saturated heterocycles. The Balaban J connectivity index is 3.27. The van der Waals surface area contributed by atoms with Gasteiger partial charge in [0.15, 0.2) is 0 Å². The van der Waals surface area contributed by atoms with Crippen LogP contribution >= 0.6 is 0 Å². The van der Waals surface area contributed by atoms with Gasteiger partial charge < -0.3 is 4.84 Å². The van der Waals surface area contributed by atoms with Gasteiger partial charge in [0.2, 0.25) is 0 Å². The Bertz CT molecular complexity index is 203. The highest BCUT2D eigenvalue weighted by atomic mass is 16.7. The first-order valence-electron chi connectivity index (χ1n) is 8.20. The molecule has 0 spiro atoms. The molecule has 0 heterocycles. The maximum absolute atomic E-state index is 11.5. The van der Waals surface area contributed by atoms with E-state index in [0.29, 0.717) is 6.42 Å². The van der Waals surface area contributed by atoms with Gasteiger partial charge in [0.05, 0.1) is 0 Å². The minimum absolute atomic E-state index is 0.0772. The minimum Gasteiger partial charge on any atom is -0.368 e. The topological polar surface area (TPSA) is 29.5 Å². The van der Waals surface area contributed by atoms with Crippen molar-refractivity contribution >= 4 is 5.97 Å². The average molecular weight is 271 g/mol. The Hall–Kier alpha value is -0.570. The number of unbranched alkanes of at least 4 members (excludes halogenated alkanes) is 8. The molecule has 0 aliphatic rings. The van der Waals surface area contributed by atoms with Gasteiger partial charge in [0.1, 0.15) is 0 Å². The lowest BCUT2D eigenvalue weighted by molar-refractivity contribution is -0.188. The van der Waals surface area contributed by atoms with E-state index >= 15 is 0 Å². The van der Waals surface area contributed by atoms with E-state index < -0.39 is 0 Å². The summed E-state index contributed by atoms with van der Waals surface area (Å²) in [5, 5.41) is 1.70. The molecule has 0 radical (unpaired) electrons. The Morgan fingerprint density at radius 1 is 0.789 bits per heavy atom. The second-order valence-corrected chi connectivity index (χ2v) is 5.16. The summed E-state index contributed by atoms with van der Waals surface area (Å²) in [7, 11) is 0. The largest absolute Gasteiger partial charge is 0.368 e. The lowest BCUT2D eigenvalue weighted by Gasteiger charge is -2.16. The molecule has 0 unspecified atom stereocenters. The zero-order valence-electron chi connectivity index (χ0n) is 13.2. The molecule has 0 fully saturated rings. The fourth-order valence-corrected chi connectivity index (χ4v) is 2.12. The molecule has 0 aromatic rings. The Labute approximate surface area is 119 Å². The fourth-order valence-electron chi connectivity index (χ4n) is 2.12. The molecular formula is C16H33NO2. The number of nitrogens with zero attached hydrogens (tertiary/aromatic N) is 1. The van der Waals surface area contributed by atoms with Gasteiger partial charge >= 0.3 is 5.97 Å². The first-order chi connectivity index (χ1) is 9.24. The molecule has 114 valence electrons. The van der Waals surface area contributed by atoms with Gasteiger partial charge in [0, 0.05) is 19.5 Å². The van der Waals surface area contributed by atoms with Crippen molar-refractivity contribution in [2.75, 3.05) is 13.1 Å². The number of carbonyl (C=O) groups excluding carboxylic acids is 1. The van der Waals surface area contributed by atoms with Crippen LogP contribution in [0.2, 0.25) is 0 Å². The van der Waals surface area contributed by atoms with Crippen LogP contribution in [0.15, 0.2) is 0 Å². The minimum atomic E-state index is -0.0772. The predicted molar refractivity (Wildman–Crippen MR) is 80.9 cm³/mol. The number of hydroxylamine groups is 2. The Kier molecular flexibility index (Phi) is 13.4. The quantitative estimate of drug-likeness (QED) is 0.359. The molecule has 0 aliphatic heterocycles. The SMILES string of the molecule is CCCCCCCCCCCC(=O)ON(CC)CC. The van der Waals surface area contributed by atoms with E-state index in [2.05, 4.69) is 6.92 Å². The van der Waals surface area contributed by atoms with Crippen LogP contribution in [0.4, 0.5) is 0 Å². The normalized spacial score (nSPS) is 10.9. The van der Waals surface area contributed by atoms with E-state index in [0.717, 1.165) is 25.9 Å². The summed E-state index contributed by atoms with van der Waals surface area (Å²) in [6.45, 7) is 7.77. The number of hydrogen-bond acceptors (Lipinski definition) is 3. The number of rotatable bonds is 13. The first kappa shape index (κ1) is 18.4. The van der Waals surface area contributed by atoms with Gasteiger partial charge in [-0.05, 0) is 20.3 Å². The van der Waals surface area contributed by atoms with Crippen LogP contribution in [0.25, 0.3) is 0 Å². The predicted octanol–water partition coefficient (Wildman–Crippen LogP) is 4.71. The molecule has 0 aromatic heterocycles. The van der Waals surface area contributed by atoms with E-state index in [-0.39, 0.29) is 5.97 Å². The molecule has 0 bridgehead atoms. The second kappa shape index (κ2) is 13.9. The highest BCUT2D eigenvalue weighted by Gasteiger charge is 2.07. The fraction of sp³-hybridized carbons (Fsp3) is 0.938. The van der Waals surface area contributed by atoms with Crippen LogP contribution in [0.5, 0.6) is 0 Å². The molecule has 0 aromatic carbocycles. The zero-order valence-corrected chi connectivity index (χ0v) is 13.2. The van der Waals surface area contributed by atoms with Crippen molar-refractivity contribution in [1.82, 2.24) is 5.06 Å². The van der Waals surface area contributed by atoms with Crippen molar-refractivity contribution in [2.24, 2.45) is 0 Å². The lowest BCUT2D eigenvalue weighted by atomic mass is 10.1. The molecule has 0 saturated carbocycles. The van der Waals surface area contributed by atoms with E-state index in [9.17, 15) is 4.79 Å². The van der Waals surface area contributed by atoms with Crippen LogP contribution in [0, 0.1) is 0 Å². The maximum Gasteiger partial charge on any atom is 0.325 e. The third-order valence-electron chi connectivity index (χ3n) is 3.42. The molecule has 3 heteroatoms. The van der Waals surface area contributed by atoms with Crippen molar-refractivity contribution in [2.45, 2.75) is 85.0 Å². The summed E-state index contributed by atoms with van der Waals surface area (Å²) < 4.78 is 0. The summed E-state index contributed by atoms with van der Waals surface area (Å²) in [6, 6.07) is 0.